The molecule has 0 aromatic heterocycles. The molecule has 1 N–H and O–H groups in total. The van der Waals surface area contributed by atoms with Gasteiger partial charge in [-0.15, -0.1) is 0 Å². The molecule has 0 heterocycles. The van der Waals surface area contributed by atoms with Crippen LogP contribution in [0.3, 0.4) is 0 Å². The van der Waals surface area contributed by atoms with E-state index in [0.717, 1.165) is 12.0 Å². The first kappa shape index (κ1) is 12.7. The van der Waals surface area contributed by atoms with Crippen molar-refractivity contribution in [1.29, 1.82) is 0 Å². The van der Waals surface area contributed by atoms with E-state index in [1.165, 1.54) is 0 Å². The highest BCUT2D eigenvalue weighted by atomic mass is 16.5. The number of hydrogen-bond acceptors (Lipinski definition) is 3. The Morgan fingerprint density at radius 1 is 1.39 bits per heavy atom. The third kappa shape index (κ3) is 1.92. The first-order valence-electron chi connectivity index (χ1n) is 6.19. The predicted octanol–water partition coefficient (Wildman–Crippen LogP) is 2.60. The number of methoxy groups -OCH3 is 1. The van der Waals surface area contributed by atoms with E-state index in [1.54, 1.807) is 19.2 Å². The van der Waals surface area contributed by atoms with Crippen LogP contribution in [-0.4, -0.2) is 24.8 Å². The minimum absolute atomic E-state index is 0.555. The van der Waals surface area contributed by atoms with Gasteiger partial charge >= 0.3 is 5.97 Å². The lowest BCUT2D eigenvalue weighted by Gasteiger charge is -2.38. The smallest absolute Gasteiger partial charge is 0.314 e. The van der Waals surface area contributed by atoms with Crippen molar-refractivity contribution in [3.63, 3.8) is 0 Å². The van der Waals surface area contributed by atoms with Crippen LogP contribution >= 0.6 is 0 Å². The lowest BCUT2D eigenvalue weighted by Crippen LogP contribution is -2.42. The van der Waals surface area contributed by atoms with E-state index < -0.39 is 11.4 Å². The van der Waals surface area contributed by atoms with Crippen LogP contribution in [0.5, 0.6) is 11.5 Å². The molecule has 4 heteroatoms. The van der Waals surface area contributed by atoms with Crippen molar-refractivity contribution in [3.8, 4) is 11.5 Å². The summed E-state index contributed by atoms with van der Waals surface area (Å²) in [6.07, 6.45) is 2.35. The summed E-state index contributed by atoms with van der Waals surface area (Å²) >= 11 is 0. The summed E-state index contributed by atoms with van der Waals surface area (Å²) in [7, 11) is 1.57. The van der Waals surface area contributed by atoms with Crippen LogP contribution in [0, 0.1) is 0 Å². The molecule has 18 heavy (non-hydrogen) atoms. The molecule has 1 aromatic carbocycles. The second kappa shape index (κ2) is 4.88. The summed E-state index contributed by atoms with van der Waals surface area (Å²) in [4.78, 5) is 11.4. The van der Waals surface area contributed by atoms with E-state index >= 15 is 0 Å². The van der Waals surface area contributed by atoms with Crippen LogP contribution in [0.4, 0.5) is 0 Å². The van der Waals surface area contributed by atoms with E-state index in [4.69, 9.17) is 9.47 Å². The van der Waals surface area contributed by atoms with E-state index in [2.05, 4.69) is 0 Å². The Kier molecular flexibility index (Phi) is 3.45. The molecular weight excluding hydrogens is 232 g/mol. The quantitative estimate of drug-likeness (QED) is 0.872. The van der Waals surface area contributed by atoms with Crippen molar-refractivity contribution in [2.24, 2.45) is 0 Å². The fourth-order valence-electron chi connectivity index (χ4n) is 2.40. The van der Waals surface area contributed by atoms with E-state index in [0.29, 0.717) is 30.9 Å². The molecule has 0 unspecified atom stereocenters. The fourth-order valence-corrected chi connectivity index (χ4v) is 2.40. The van der Waals surface area contributed by atoms with Gasteiger partial charge in [-0.3, -0.25) is 4.79 Å². The van der Waals surface area contributed by atoms with Gasteiger partial charge in [-0.05, 0) is 37.5 Å². The average molecular weight is 250 g/mol. The molecule has 0 atom stereocenters. The predicted molar refractivity (Wildman–Crippen MR) is 67.3 cm³/mol. The van der Waals surface area contributed by atoms with Gasteiger partial charge in [0.2, 0.25) is 0 Å². The number of ether oxygens (including phenoxy) is 2. The highest BCUT2D eigenvalue weighted by Gasteiger charge is 2.46. The van der Waals surface area contributed by atoms with Gasteiger partial charge in [-0.1, -0.05) is 12.5 Å². The van der Waals surface area contributed by atoms with Gasteiger partial charge in [0.25, 0.3) is 0 Å². The molecule has 0 radical (unpaired) electrons. The van der Waals surface area contributed by atoms with Gasteiger partial charge in [-0.2, -0.15) is 0 Å². The molecule has 1 aliphatic rings. The molecule has 98 valence electrons. The Balaban J connectivity index is 2.37. The summed E-state index contributed by atoms with van der Waals surface area (Å²) in [6, 6.07) is 5.42. The largest absolute Gasteiger partial charge is 0.493 e. The number of benzene rings is 1. The maximum absolute atomic E-state index is 11.4. The molecular formula is C14H18O4. The van der Waals surface area contributed by atoms with E-state index in [1.807, 2.05) is 13.0 Å². The summed E-state index contributed by atoms with van der Waals surface area (Å²) < 4.78 is 10.7. The molecule has 1 fully saturated rings. The molecule has 4 nitrogen and oxygen atoms in total. The Morgan fingerprint density at radius 3 is 2.56 bits per heavy atom. The molecule has 1 aliphatic carbocycles. The maximum atomic E-state index is 11.4. The van der Waals surface area contributed by atoms with Crippen LogP contribution in [0.15, 0.2) is 18.2 Å². The zero-order valence-electron chi connectivity index (χ0n) is 10.7. The van der Waals surface area contributed by atoms with Gasteiger partial charge < -0.3 is 14.6 Å². The molecule has 1 aromatic rings. The minimum atomic E-state index is -0.750. The molecule has 2 rings (SSSR count). The van der Waals surface area contributed by atoms with Crippen molar-refractivity contribution in [2.75, 3.05) is 13.7 Å². The average Bonchev–Trinajstić information content (AvgIpc) is 2.29. The molecule has 0 amide bonds. The highest BCUT2D eigenvalue weighted by Crippen LogP contribution is 2.46. The SMILES string of the molecule is CCOc1ccc(C2(C(=O)O)CCC2)cc1OC. The van der Waals surface area contributed by atoms with Gasteiger partial charge in [0.15, 0.2) is 11.5 Å². The van der Waals surface area contributed by atoms with Crippen molar-refractivity contribution in [2.45, 2.75) is 31.6 Å². The molecule has 0 spiro atoms. The van der Waals surface area contributed by atoms with Crippen LogP contribution in [0.2, 0.25) is 0 Å². The Labute approximate surface area is 107 Å². The highest BCUT2D eigenvalue weighted by molar-refractivity contribution is 5.83. The second-order valence-corrected chi connectivity index (χ2v) is 4.54. The first-order chi connectivity index (χ1) is 8.64. The zero-order chi connectivity index (χ0) is 13.2. The van der Waals surface area contributed by atoms with Crippen LogP contribution in [0.25, 0.3) is 0 Å². The lowest BCUT2D eigenvalue weighted by atomic mass is 9.64. The normalized spacial score (nSPS) is 16.8. The third-order valence-corrected chi connectivity index (χ3v) is 3.63. The summed E-state index contributed by atoms with van der Waals surface area (Å²) in [6.45, 7) is 2.46. The standard InChI is InChI=1S/C14H18O4/c1-3-18-11-6-5-10(9-12(11)17-2)14(13(15)16)7-4-8-14/h5-6,9H,3-4,7-8H2,1-2H3,(H,15,16). The maximum Gasteiger partial charge on any atom is 0.314 e. The van der Waals surface area contributed by atoms with Crippen molar-refractivity contribution in [3.05, 3.63) is 23.8 Å². The molecule has 0 saturated heterocycles. The van der Waals surface area contributed by atoms with Crippen molar-refractivity contribution >= 4 is 5.97 Å². The number of aliphatic carboxylic acids is 1. The van der Waals surface area contributed by atoms with Gasteiger partial charge in [0.1, 0.15) is 0 Å². The molecule has 1 saturated carbocycles. The zero-order valence-corrected chi connectivity index (χ0v) is 10.7. The number of carbonyl (C=O) groups is 1. The van der Waals surface area contributed by atoms with Gasteiger partial charge in [0.05, 0.1) is 19.1 Å². The Morgan fingerprint density at radius 2 is 2.11 bits per heavy atom. The monoisotopic (exact) mass is 250 g/mol. The fraction of sp³-hybridized carbons (Fsp3) is 0.500. The van der Waals surface area contributed by atoms with Crippen LogP contribution < -0.4 is 9.47 Å². The molecule has 0 aliphatic heterocycles. The third-order valence-electron chi connectivity index (χ3n) is 3.63. The summed E-state index contributed by atoms with van der Waals surface area (Å²) in [5, 5.41) is 9.40. The van der Waals surface area contributed by atoms with Crippen LogP contribution in [0.1, 0.15) is 31.7 Å². The first-order valence-corrected chi connectivity index (χ1v) is 6.19. The summed E-state index contributed by atoms with van der Waals surface area (Å²) in [5.74, 6) is 0.505. The number of carboxylic acid groups (broad SMARTS) is 1. The lowest BCUT2D eigenvalue weighted by molar-refractivity contribution is -0.147. The molecule has 0 bridgehead atoms. The Hall–Kier alpha value is -1.71. The topological polar surface area (TPSA) is 55.8 Å². The van der Waals surface area contributed by atoms with Gasteiger partial charge in [0, 0.05) is 0 Å². The van der Waals surface area contributed by atoms with E-state index in [-0.39, 0.29) is 0 Å². The van der Waals surface area contributed by atoms with Gasteiger partial charge in [-0.25, -0.2) is 0 Å². The minimum Gasteiger partial charge on any atom is -0.493 e. The number of hydrogen-bond donors (Lipinski definition) is 1. The van der Waals surface area contributed by atoms with Crippen LogP contribution in [-0.2, 0) is 10.2 Å². The number of carboxylic acids is 1. The van der Waals surface area contributed by atoms with Crippen molar-refractivity contribution in [1.82, 2.24) is 0 Å². The van der Waals surface area contributed by atoms with E-state index in [9.17, 15) is 9.90 Å². The van der Waals surface area contributed by atoms with Crippen molar-refractivity contribution < 1.29 is 19.4 Å². The second-order valence-electron chi connectivity index (χ2n) is 4.54. The number of rotatable bonds is 5. The Bertz CT molecular complexity index is 449. The summed E-state index contributed by atoms with van der Waals surface area (Å²) in [5.41, 5.74) is 0.0828.